The third-order valence-electron chi connectivity index (χ3n) is 4.04. The van der Waals surface area contributed by atoms with Crippen LogP contribution in [0, 0.1) is 19.3 Å². The standard InChI is InChI=1S/C21H23N3O2.HI/c1-3-11-22-21(23-15-17-8-5-4-7-16(17)2)24-18-9-10-19-20(14-18)26-13-6-12-25-19;/h1,4-5,7-10,14H,6,11-13,15H2,2H3,(H2,22,23,24);1H. The van der Waals surface area contributed by atoms with Gasteiger partial charge in [0.2, 0.25) is 0 Å². The number of hydrogen-bond donors (Lipinski definition) is 2. The summed E-state index contributed by atoms with van der Waals surface area (Å²) in [6, 6.07) is 14.0. The van der Waals surface area contributed by atoms with Crippen molar-refractivity contribution in [2.24, 2.45) is 4.99 Å². The molecule has 5 nitrogen and oxygen atoms in total. The normalized spacial score (nSPS) is 13.0. The van der Waals surface area contributed by atoms with Gasteiger partial charge in [-0.05, 0) is 30.2 Å². The fourth-order valence-corrected chi connectivity index (χ4v) is 2.60. The molecule has 6 heteroatoms. The van der Waals surface area contributed by atoms with E-state index in [1.165, 1.54) is 11.1 Å². The first-order valence-corrected chi connectivity index (χ1v) is 8.69. The monoisotopic (exact) mass is 477 g/mol. The highest BCUT2D eigenvalue weighted by Gasteiger charge is 2.11. The van der Waals surface area contributed by atoms with Crippen molar-refractivity contribution in [2.45, 2.75) is 19.9 Å². The molecule has 0 aromatic heterocycles. The second kappa shape index (κ2) is 10.7. The highest BCUT2D eigenvalue weighted by molar-refractivity contribution is 14.0. The first kappa shape index (κ1) is 20.9. The van der Waals surface area contributed by atoms with Crippen molar-refractivity contribution in [3.8, 4) is 23.8 Å². The van der Waals surface area contributed by atoms with Crippen molar-refractivity contribution in [2.75, 3.05) is 25.1 Å². The van der Waals surface area contributed by atoms with Gasteiger partial charge in [0.25, 0.3) is 0 Å². The van der Waals surface area contributed by atoms with Crippen LogP contribution in [0.1, 0.15) is 17.5 Å². The van der Waals surface area contributed by atoms with E-state index in [2.05, 4.69) is 40.6 Å². The Kier molecular flexibility index (Phi) is 8.27. The molecule has 142 valence electrons. The van der Waals surface area contributed by atoms with Crippen molar-refractivity contribution in [3.63, 3.8) is 0 Å². The van der Waals surface area contributed by atoms with Crippen LogP contribution < -0.4 is 20.1 Å². The van der Waals surface area contributed by atoms with Gasteiger partial charge in [-0.2, -0.15) is 0 Å². The zero-order chi connectivity index (χ0) is 18.2. The summed E-state index contributed by atoms with van der Waals surface area (Å²) in [7, 11) is 0. The van der Waals surface area contributed by atoms with Gasteiger partial charge in [-0.25, -0.2) is 4.99 Å². The van der Waals surface area contributed by atoms with Crippen LogP contribution in [0.2, 0.25) is 0 Å². The molecule has 0 aliphatic carbocycles. The van der Waals surface area contributed by atoms with Crippen LogP contribution in [-0.4, -0.2) is 25.7 Å². The lowest BCUT2D eigenvalue weighted by Crippen LogP contribution is -2.31. The molecular formula is C21H24IN3O2. The van der Waals surface area contributed by atoms with Gasteiger partial charge in [0.05, 0.1) is 26.3 Å². The molecule has 0 saturated heterocycles. The molecule has 0 radical (unpaired) electrons. The van der Waals surface area contributed by atoms with Crippen LogP contribution in [0.4, 0.5) is 5.69 Å². The Morgan fingerprint density at radius 2 is 1.93 bits per heavy atom. The predicted molar refractivity (Wildman–Crippen MR) is 120 cm³/mol. The molecule has 27 heavy (non-hydrogen) atoms. The van der Waals surface area contributed by atoms with E-state index >= 15 is 0 Å². The summed E-state index contributed by atoms with van der Waals surface area (Å²) in [6.45, 7) is 4.37. The van der Waals surface area contributed by atoms with Crippen molar-refractivity contribution in [3.05, 3.63) is 53.6 Å². The van der Waals surface area contributed by atoms with Gasteiger partial charge in [0.1, 0.15) is 0 Å². The molecule has 2 aromatic rings. The number of aliphatic imine (C=N–C) groups is 1. The number of ether oxygens (including phenoxy) is 2. The maximum atomic E-state index is 5.74. The Labute approximate surface area is 177 Å². The summed E-state index contributed by atoms with van der Waals surface area (Å²) in [6.07, 6.45) is 6.26. The van der Waals surface area contributed by atoms with E-state index in [9.17, 15) is 0 Å². The van der Waals surface area contributed by atoms with Crippen LogP contribution in [-0.2, 0) is 6.54 Å². The molecule has 1 aliphatic rings. The molecular weight excluding hydrogens is 453 g/mol. The lowest BCUT2D eigenvalue weighted by molar-refractivity contribution is 0.297. The van der Waals surface area contributed by atoms with Gasteiger partial charge < -0.3 is 20.1 Å². The molecule has 0 bridgehead atoms. The van der Waals surface area contributed by atoms with Crippen LogP contribution in [0.25, 0.3) is 0 Å². The Balaban J connectivity index is 0.00000261. The van der Waals surface area contributed by atoms with E-state index in [4.69, 9.17) is 15.9 Å². The number of fused-ring (bicyclic) bond motifs is 1. The highest BCUT2D eigenvalue weighted by Crippen LogP contribution is 2.32. The lowest BCUT2D eigenvalue weighted by atomic mass is 10.1. The Hall–Kier alpha value is -2.40. The average Bonchev–Trinajstić information content (AvgIpc) is 2.90. The van der Waals surface area contributed by atoms with Crippen molar-refractivity contribution in [1.29, 1.82) is 0 Å². The highest BCUT2D eigenvalue weighted by atomic mass is 127. The number of nitrogens with one attached hydrogen (secondary N) is 2. The second-order valence-corrected chi connectivity index (χ2v) is 5.99. The summed E-state index contributed by atoms with van der Waals surface area (Å²) in [5, 5.41) is 6.41. The molecule has 1 heterocycles. The van der Waals surface area contributed by atoms with Crippen LogP contribution in [0.5, 0.6) is 11.5 Å². The maximum absolute atomic E-state index is 5.74. The van der Waals surface area contributed by atoms with Crippen molar-refractivity contribution in [1.82, 2.24) is 5.32 Å². The summed E-state index contributed by atoms with van der Waals surface area (Å²) in [5.41, 5.74) is 3.25. The molecule has 0 spiro atoms. The van der Waals surface area contributed by atoms with E-state index in [1.807, 2.05) is 30.3 Å². The van der Waals surface area contributed by atoms with Crippen molar-refractivity contribution < 1.29 is 9.47 Å². The molecule has 0 saturated carbocycles. The minimum Gasteiger partial charge on any atom is -0.490 e. The van der Waals surface area contributed by atoms with Gasteiger partial charge in [-0.3, -0.25) is 0 Å². The molecule has 1 aliphatic heterocycles. The number of terminal acetylenes is 1. The van der Waals surface area contributed by atoms with Crippen LogP contribution >= 0.6 is 24.0 Å². The predicted octanol–water partition coefficient (Wildman–Crippen LogP) is 3.97. The summed E-state index contributed by atoms with van der Waals surface area (Å²) >= 11 is 0. The molecule has 3 rings (SSSR count). The van der Waals surface area contributed by atoms with Gasteiger partial charge in [-0.15, -0.1) is 30.4 Å². The number of halogens is 1. The Morgan fingerprint density at radius 3 is 2.70 bits per heavy atom. The first-order chi connectivity index (χ1) is 12.8. The number of nitrogens with zero attached hydrogens (tertiary/aromatic N) is 1. The van der Waals surface area contributed by atoms with E-state index in [-0.39, 0.29) is 24.0 Å². The van der Waals surface area contributed by atoms with Crippen LogP contribution in [0.3, 0.4) is 0 Å². The Morgan fingerprint density at radius 1 is 1.15 bits per heavy atom. The molecule has 0 unspecified atom stereocenters. The van der Waals surface area contributed by atoms with Crippen molar-refractivity contribution >= 4 is 35.6 Å². The largest absolute Gasteiger partial charge is 0.490 e. The number of benzene rings is 2. The van der Waals surface area contributed by atoms with Gasteiger partial charge >= 0.3 is 0 Å². The smallest absolute Gasteiger partial charge is 0.196 e. The minimum atomic E-state index is 0. The quantitative estimate of drug-likeness (QED) is 0.303. The maximum Gasteiger partial charge on any atom is 0.196 e. The average molecular weight is 477 g/mol. The summed E-state index contributed by atoms with van der Waals surface area (Å²) in [5.74, 6) is 4.71. The third-order valence-corrected chi connectivity index (χ3v) is 4.04. The van der Waals surface area contributed by atoms with Gasteiger partial charge in [0.15, 0.2) is 17.5 Å². The number of anilines is 1. The first-order valence-electron chi connectivity index (χ1n) is 8.69. The van der Waals surface area contributed by atoms with Gasteiger partial charge in [0, 0.05) is 18.2 Å². The van der Waals surface area contributed by atoms with E-state index in [0.29, 0.717) is 32.3 Å². The van der Waals surface area contributed by atoms with Gasteiger partial charge in [-0.1, -0.05) is 30.2 Å². The molecule has 0 amide bonds. The molecule has 0 fully saturated rings. The molecule has 2 N–H and O–H groups in total. The molecule has 2 aromatic carbocycles. The SMILES string of the molecule is C#CCNC(=NCc1ccccc1C)Nc1ccc2c(c1)OCCCO2.I. The number of guanidine groups is 1. The zero-order valence-electron chi connectivity index (χ0n) is 15.3. The topological polar surface area (TPSA) is 54.9 Å². The number of rotatable bonds is 4. The fraction of sp³-hybridized carbons (Fsp3) is 0.286. The zero-order valence-corrected chi connectivity index (χ0v) is 17.7. The van der Waals surface area contributed by atoms with E-state index in [1.54, 1.807) is 0 Å². The third kappa shape index (κ3) is 6.07. The summed E-state index contributed by atoms with van der Waals surface area (Å²) in [4.78, 5) is 4.64. The number of hydrogen-bond acceptors (Lipinski definition) is 3. The molecule has 0 atom stereocenters. The van der Waals surface area contributed by atoms with E-state index in [0.717, 1.165) is 23.6 Å². The minimum absolute atomic E-state index is 0. The fourth-order valence-electron chi connectivity index (χ4n) is 2.60. The second-order valence-electron chi connectivity index (χ2n) is 5.99. The Bertz CT molecular complexity index is 830. The number of aryl methyl sites for hydroxylation is 1. The lowest BCUT2D eigenvalue weighted by Gasteiger charge is -2.14. The summed E-state index contributed by atoms with van der Waals surface area (Å²) < 4.78 is 11.4. The van der Waals surface area contributed by atoms with E-state index < -0.39 is 0 Å². The van der Waals surface area contributed by atoms with Crippen LogP contribution in [0.15, 0.2) is 47.5 Å².